The number of carbonyl (C=O) groups excluding carboxylic acids is 1. The summed E-state index contributed by atoms with van der Waals surface area (Å²) in [6.07, 6.45) is 67.7. The number of rotatable bonds is 59. The zero-order chi connectivity index (χ0) is 52.0. The van der Waals surface area contributed by atoms with Crippen LogP contribution in [0.15, 0.2) is 12.2 Å². The quantitative estimate of drug-likeness (QED) is 0.0243. The first-order valence-corrected chi connectivity index (χ1v) is 33.1. The Hall–Kier alpha value is -0.760. The number of aliphatic hydroxyl groups excluding tert-OH is 1. The SMILES string of the molecule is CCCCCCCCCCCCCCCCCCCCCCCCCCCCCCCC/C=C/C(O)C(COP(=O)(O)OCC[N+](C)(C)C)NC(=O)CCCCCCCCCCCCCCCCCCC. The fourth-order valence-electron chi connectivity index (χ4n) is 9.81. The average Bonchev–Trinajstić information content (AvgIpc) is 3.33. The molecule has 0 fully saturated rings. The Labute approximate surface area is 443 Å². The van der Waals surface area contributed by atoms with E-state index in [-0.39, 0.29) is 19.1 Å². The summed E-state index contributed by atoms with van der Waals surface area (Å²) in [5.74, 6) is -0.170. The summed E-state index contributed by atoms with van der Waals surface area (Å²) in [4.78, 5) is 23.3. The minimum Gasteiger partial charge on any atom is -0.387 e. The third kappa shape index (κ3) is 56.8. The van der Waals surface area contributed by atoms with E-state index in [1.54, 1.807) is 6.08 Å². The highest BCUT2D eigenvalue weighted by atomic mass is 31.2. The number of hydrogen-bond donors (Lipinski definition) is 3. The Balaban J connectivity index is 4.04. The Morgan fingerprint density at radius 1 is 0.465 bits per heavy atom. The van der Waals surface area contributed by atoms with Gasteiger partial charge in [-0.1, -0.05) is 315 Å². The molecule has 0 radical (unpaired) electrons. The molecule has 0 aliphatic rings. The second-order valence-electron chi connectivity index (χ2n) is 23.2. The van der Waals surface area contributed by atoms with Crippen molar-refractivity contribution in [1.29, 1.82) is 0 Å². The number of hydrogen-bond acceptors (Lipinski definition) is 5. The van der Waals surface area contributed by atoms with Crippen molar-refractivity contribution >= 4 is 13.7 Å². The largest absolute Gasteiger partial charge is 0.472 e. The van der Waals surface area contributed by atoms with Crippen LogP contribution in [-0.2, 0) is 18.4 Å². The molecule has 8 nitrogen and oxygen atoms in total. The number of likely N-dealkylation sites (N-methyl/N-ethyl adjacent to an activating group) is 1. The first-order valence-electron chi connectivity index (χ1n) is 31.6. The van der Waals surface area contributed by atoms with Crippen LogP contribution in [0.1, 0.15) is 328 Å². The molecule has 0 aromatic carbocycles. The number of carbonyl (C=O) groups is 1. The monoisotopic (exact) mass is 1030 g/mol. The van der Waals surface area contributed by atoms with Gasteiger partial charge in [-0.2, -0.15) is 0 Å². The molecule has 3 unspecified atom stereocenters. The van der Waals surface area contributed by atoms with Gasteiger partial charge in [0.25, 0.3) is 0 Å². The summed E-state index contributed by atoms with van der Waals surface area (Å²) in [5, 5.41) is 14.0. The molecular formula is C62H126N2O6P+. The number of aliphatic hydroxyl groups is 1. The number of phosphoric acid groups is 1. The van der Waals surface area contributed by atoms with E-state index >= 15 is 0 Å². The molecule has 71 heavy (non-hydrogen) atoms. The molecule has 0 saturated carbocycles. The Morgan fingerprint density at radius 3 is 1.04 bits per heavy atom. The lowest BCUT2D eigenvalue weighted by Gasteiger charge is -2.25. The van der Waals surface area contributed by atoms with Crippen molar-refractivity contribution in [3.05, 3.63) is 12.2 Å². The van der Waals surface area contributed by atoms with Gasteiger partial charge in [0.2, 0.25) is 5.91 Å². The lowest BCUT2D eigenvalue weighted by Crippen LogP contribution is -2.45. The van der Waals surface area contributed by atoms with Crippen LogP contribution in [-0.4, -0.2) is 73.4 Å². The van der Waals surface area contributed by atoms with Gasteiger partial charge in [-0.15, -0.1) is 0 Å². The Kier molecular flexibility index (Phi) is 53.5. The molecule has 0 aliphatic carbocycles. The van der Waals surface area contributed by atoms with E-state index in [0.717, 1.165) is 32.1 Å². The number of unbranched alkanes of at least 4 members (excludes halogenated alkanes) is 46. The van der Waals surface area contributed by atoms with Crippen LogP contribution in [0.5, 0.6) is 0 Å². The van der Waals surface area contributed by atoms with Crippen LogP contribution >= 0.6 is 7.82 Å². The summed E-state index contributed by atoms with van der Waals surface area (Å²) in [7, 11) is 1.59. The van der Waals surface area contributed by atoms with Crippen LogP contribution < -0.4 is 5.32 Å². The van der Waals surface area contributed by atoms with Gasteiger partial charge < -0.3 is 19.8 Å². The van der Waals surface area contributed by atoms with Crippen LogP contribution in [0.4, 0.5) is 0 Å². The van der Waals surface area contributed by atoms with Crippen molar-refractivity contribution in [1.82, 2.24) is 5.32 Å². The van der Waals surface area contributed by atoms with Crippen molar-refractivity contribution in [3.63, 3.8) is 0 Å². The van der Waals surface area contributed by atoms with E-state index in [0.29, 0.717) is 17.4 Å². The molecular weight excluding hydrogens is 900 g/mol. The Morgan fingerprint density at radius 2 is 0.746 bits per heavy atom. The number of allylic oxidation sites excluding steroid dienone is 1. The van der Waals surface area contributed by atoms with Crippen molar-refractivity contribution in [2.75, 3.05) is 40.9 Å². The highest BCUT2D eigenvalue weighted by molar-refractivity contribution is 7.47. The minimum atomic E-state index is -4.34. The molecule has 3 N–H and O–H groups in total. The molecule has 0 rings (SSSR count). The van der Waals surface area contributed by atoms with E-state index in [9.17, 15) is 19.4 Å². The first kappa shape index (κ1) is 70.2. The molecule has 0 saturated heterocycles. The van der Waals surface area contributed by atoms with Gasteiger partial charge in [0.05, 0.1) is 39.9 Å². The maximum absolute atomic E-state index is 13.0. The molecule has 3 atom stereocenters. The molecule has 0 aliphatic heterocycles. The molecule has 0 aromatic heterocycles. The average molecular weight is 1030 g/mol. The van der Waals surface area contributed by atoms with Gasteiger partial charge in [-0.3, -0.25) is 13.8 Å². The van der Waals surface area contributed by atoms with Gasteiger partial charge in [0, 0.05) is 6.42 Å². The van der Waals surface area contributed by atoms with E-state index in [1.165, 1.54) is 276 Å². The number of amides is 1. The van der Waals surface area contributed by atoms with Gasteiger partial charge in [0.15, 0.2) is 0 Å². The Bertz CT molecular complexity index is 1160. The molecule has 424 valence electrons. The summed E-state index contributed by atoms with van der Waals surface area (Å²) >= 11 is 0. The van der Waals surface area contributed by atoms with Gasteiger partial charge in [0.1, 0.15) is 13.2 Å². The third-order valence-corrected chi connectivity index (χ3v) is 15.7. The third-order valence-electron chi connectivity index (χ3n) is 14.8. The van der Waals surface area contributed by atoms with Crippen molar-refractivity contribution < 1.29 is 32.9 Å². The fourth-order valence-corrected chi connectivity index (χ4v) is 10.5. The van der Waals surface area contributed by atoms with E-state index in [2.05, 4.69) is 19.2 Å². The molecule has 1 amide bonds. The molecule has 0 aromatic rings. The normalized spacial score (nSPS) is 13.8. The van der Waals surface area contributed by atoms with Crippen LogP contribution in [0.3, 0.4) is 0 Å². The van der Waals surface area contributed by atoms with Gasteiger partial charge in [-0.25, -0.2) is 4.57 Å². The second-order valence-corrected chi connectivity index (χ2v) is 24.6. The van der Waals surface area contributed by atoms with Crippen molar-refractivity contribution in [2.24, 2.45) is 0 Å². The molecule has 9 heteroatoms. The number of nitrogens with zero attached hydrogens (tertiary/aromatic N) is 1. The zero-order valence-electron chi connectivity index (χ0n) is 48.5. The standard InChI is InChI=1S/C62H125N2O6P/c1-6-8-10-12-14-16-18-20-22-24-25-26-27-28-29-30-31-32-33-34-35-36-37-38-40-41-43-45-47-49-51-53-55-61(65)60(59-70-71(67,68)69-58-57-64(3,4)5)63-62(66)56-54-52-50-48-46-44-42-39-23-21-19-17-15-13-11-9-7-2/h53,55,60-61,65H,6-52,54,56-59H2,1-5H3,(H-,63,66,67,68)/p+1/b55-53+. The number of nitrogens with one attached hydrogen (secondary N) is 1. The molecule has 0 bridgehead atoms. The highest BCUT2D eigenvalue weighted by Crippen LogP contribution is 2.43. The topological polar surface area (TPSA) is 105 Å². The summed E-state index contributed by atoms with van der Waals surface area (Å²) in [5.41, 5.74) is 0. The van der Waals surface area contributed by atoms with E-state index in [1.807, 2.05) is 27.2 Å². The summed E-state index contributed by atoms with van der Waals surface area (Å²) in [6.45, 7) is 4.87. The number of phosphoric ester groups is 1. The highest BCUT2D eigenvalue weighted by Gasteiger charge is 2.28. The lowest BCUT2D eigenvalue weighted by molar-refractivity contribution is -0.870. The summed E-state index contributed by atoms with van der Waals surface area (Å²) in [6, 6.07) is -0.842. The first-order chi connectivity index (χ1) is 34.5. The predicted octanol–water partition coefficient (Wildman–Crippen LogP) is 19.4. The van der Waals surface area contributed by atoms with Crippen LogP contribution in [0.2, 0.25) is 0 Å². The van der Waals surface area contributed by atoms with E-state index in [4.69, 9.17) is 9.05 Å². The maximum Gasteiger partial charge on any atom is 0.472 e. The van der Waals surface area contributed by atoms with Gasteiger partial charge >= 0.3 is 7.82 Å². The van der Waals surface area contributed by atoms with Gasteiger partial charge in [-0.05, 0) is 19.3 Å². The molecule has 0 heterocycles. The second kappa shape index (κ2) is 54.0. The predicted molar refractivity (Wildman–Crippen MR) is 309 cm³/mol. The van der Waals surface area contributed by atoms with Crippen LogP contribution in [0.25, 0.3) is 0 Å². The zero-order valence-corrected chi connectivity index (χ0v) is 49.4. The van der Waals surface area contributed by atoms with E-state index < -0.39 is 20.0 Å². The molecule has 0 spiro atoms. The smallest absolute Gasteiger partial charge is 0.387 e. The summed E-state index contributed by atoms with van der Waals surface area (Å²) < 4.78 is 23.7. The van der Waals surface area contributed by atoms with Crippen molar-refractivity contribution in [2.45, 2.75) is 341 Å². The van der Waals surface area contributed by atoms with Crippen LogP contribution in [0, 0.1) is 0 Å². The lowest BCUT2D eigenvalue weighted by atomic mass is 10.0. The van der Waals surface area contributed by atoms with Crippen molar-refractivity contribution in [3.8, 4) is 0 Å². The maximum atomic E-state index is 13.0. The number of quaternary nitrogens is 1. The fraction of sp³-hybridized carbons (Fsp3) is 0.952. The minimum absolute atomic E-state index is 0.0652.